The van der Waals surface area contributed by atoms with Crippen LogP contribution in [0.25, 0.3) is 0 Å². The number of nitrogens with one attached hydrogen (secondary N) is 1. The molecule has 0 spiro atoms. The van der Waals surface area contributed by atoms with Crippen LogP contribution in [-0.4, -0.2) is 56.8 Å². The van der Waals surface area contributed by atoms with E-state index >= 15 is 0 Å². The van der Waals surface area contributed by atoms with Crippen molar-refractivity contribution in [1.82, 2.24) is 25.2 Å². The van der Waals surface area contributed by atoms with Crippen molar-refractivity contribution in [2.24, 2.45) is 11.8 Å². The van der Waals surface area contributed by atoms with E-state index in [9.17, 15) is 9.59 Å². The zero-order valence-corrected chi connectivity index (χ0v) is 13.4. The van der Waals surface area contributed by atoms with E-state index in [2.05, 4.69) is 20.5 Å². The minimum atomic E-state index is -0.0569. The second-order valence-corrected chi connectivity index (χ2v) is 7.20. The highest BCUT2D eigenvalue weighted by Gasteiger charge is 2.44. The van der Waals surface area contributed by atoms with Crippen molar-refractivity contribution < 1.29 is 9.59 Å². The van der Waals surface area contributed by atoms with E-state index in [-0.39, 0.29) is 17.6 Å². The van der Waals surface area contributed by atoms with Crippen LogP contribution in [0.3, 0.4) is 0 Å². The fraction of sp³-hybridized carbons (Fsp3) is 0.750. The van der Waals surface area contributed by atoms with Crippen LogP contribution in [0.1, 0.15) is 43.1 Å². The van der Waals surface area contributed by atoms with E-state index in [1.165, 1.54) is 6.92 Å². The standard InChI is InChI=1S/C16H23N5O2/c1-10(22)15-9-21(19-18-15)7-13-6-11-4-5-20(13)8-14(11)16(23)17-12-2-3-12/h9,11-14H,2-8H2,1H3,(H,17,23)/t11?,13-,14+/m1/s1. The van der Waals surface area contributed by atoms with Gasteiger partial charge < -0.3 is 5.32 Å². The molecule has 7 heteroatoms. The second kappa shape index (κ2) is 5.70. The Bertz CT molecular complexity index is 624. The molecule has 1 amide bonds. The molecule has 0 radical (unpaired) electrons. The van der Waals surface area contributed by atoms with Gasteiger partial charge in [0.05, 0.1) is 18.7 Å². The largest absolute Gasteiger partial charge is 0.353 e. The number of hydrogen-bond acceptors (Lipinski definition) is 5. The van der Waals surface area contributed by atoms with Crippen LogP contribution in [-0.2, 0) is 11.3 Å². The van der Waals surface area contributed by atoms with E-state index < -0.39 is 0 Å². The number of rotatable bonds is 5. The van der Waals surface area contributed by atoms with Crippen molar-refractivity contribution in [2.75, 3.05) is 13.1 Å². The first-order valence-corrected chi connectivity index (χ1v) is 8.55. The van der Waals surface area contributed by atoms with Crippen molar-refractivity contribution in [3.05, 3.63) is 11.9 Å². The lowest BCUT2D eigenvalue weighted by Crippen LogP contribution is -2.58. The SMILES string of the molecule is CC(=O)c1cn(C[C@H]2CC3CCN2C[C@@H]3C(=O)NC2CC2)nn1. The summed E-state index contributed by atoms with van der Waals surface area (Å²) in [5.74, 6) is 0.808. The molecule has 1 saturated carbocycles. The predicted octanol–water partition coefficient (Wildman–Crippen LogP) is 0.470. The Balaban J connectivity index is 1.39. The van der Waals surface area contributed by atoms with Crippen molar-refractivity contribution in [3.63, 3.8) is 0 Å². The zero-order valence-electron chi connectivity index (χ0n) is 13.4. The topological polar surface area (TPSA) is 80.1 Å². The van der Waals surface area contributed by atoms with Gasteiger partial charge in [-0.05, 0) is 38.1 Å². The normalized spacial score (nSPS) is 32.7. The van der Waals surface area contributed by atoms with Crippen molar-refractivity contribution >= 4 is 11.7 Å². The minimum Gasteiger partial charge on any atom is -0.353 e. The maximum Gasteiger partial charge on any atom is 0.224 e. The van der Waals surface area contributed by atoms with Crippen molar-refractivity contribution in [1.29, 1.82) is 0 Å². The van der Waals surface area contributed by atoms with Gasteiger partial charge in [0.1, 0.15) is 5.69 Å². The van der Waals surface area contributed by atoms with E-state index in [0.29, 0.717) is 23.7 Å². The molecular formula is C16H23N5O2. The lowest BCUT2D eigenvalue weighted by molar-refractivity contribution is -0.133. The number of amides is 1. The summed E-state index contributed by atoms with van der Waals surface area (Å²) in [4.78, 5) is 26.1. The van der Waals surface area contributed by atoms with Gasteiger partial charge in [-0.3, -0.25) is 19.2 Å². The summed E-state index contributed by atoms with van der Waals surface area (Å²) in [5, 5.41) is 11.1. The summed E-state index contributed by atoms with van der Waals surface area (Å²) in [6.07, 6.45) is 6.14. The van der Waals surface area contributed by atoms with Gasteiger partial charge in [0.2, 0.25) is 5.91 Å². The molecule has 4 heterocycles. The van der Waals surface area contributed by atoms with Crippen LogP contribution in [0.2, 0.25) is 0 Å². The average Bonchev–Trinajstić information content (AvgIpc) is 3.22. The summed E-state index contributed by atoms with van der Waals surface area (Å²) in [6, 6.07) is 0.828. The molecule has 4 aliphatic rings. The fourth-order valence-electron chi connectivity index (χ4n) is 3.93. The van der Waals surface area contributed by atoms with Gasteiger partial charge in [0, 0.05) is 25.6 Å². The van der Waals surface area contributed by atoms with E-state index in [4.69, 9.17) is 0 Å². The number of aromatic nitrogens is 3. The molecule has 3 aliphatic heterocycles. The molecule has 0 aromatic carbocycles. The third kappa shape index (κ3) is 3.02. The van der Waals surface area contributed by atoms with Crippen LogP contribution in [0, 0.1) is 11.8 Å². The highest BCUT2D eigenvalue weighted by Crippen LogP contribution is 2.37. The van der Waals surface area contributed by atoms with Gasteiger partial charge in [-0.25, -0.2) is 0 Å². The zero-order chi connectivity index (χ0) is 16.0. The molecule has 2 unspecified atom stereocenters. The van der Waals surface area contributed by atoms with Crippen LogP contribution in [0.5, 0.6) is 0 Å². The Hall–Kier alpha value is -1.76. The molecule has 1 N–H and O–H groups in total. The Kier molecular flexibility index (Phi) is 3.67. The molecule has 5 rings (SSSR count). The third-order valence-electron chi connectivity index (χ3n) is 5.44. The highest BCUT2D eigenvalue weighted by atomic mass is 16.2. The number of piperidine rings is 3. The Morgan fingerprint density at radius 3 is 2.78 bits per heavy atom. The van der Waals surface area contributed by atoms with Gasteiger partial charge in [0.15, 0.2) is 5.78 Å². The summed E-state index contributed by atoms with van der Waals surface area (Å²) in [7, 11) is 0. The van der Waals surface area contributed by atoms with E-state index in [0.717, 1.165) is 45.3 Å². The summed E-state index contributed by atoms with van der Waals surface area (Å²) < 4.78 is 1.77. The van der Waals surface area contributed by atoms with Crippen molar-refractivity contribution in [2.45, 2.75) is 51.2 Å². The highest BCUT2D eigenvalue weighted by molar-refractivity contribution is 5.91. The summed E-state index contributed by atoms with van der Waals surface area (Å²) >= 11 is 0. The minimum absolute atomic E-state index is 0.0569. The molecule has 1 aromatic rings. The first-order valence-electron chi connectivity index (χ1n) is 8.55. The fourth-order valence-corrected chi connectivity index (χ4v) is 3.93. The molecule has 7 nitrogen and oxygen atoms in total. The number of ketones is 1. The van der Waals surface area contributed by atoms with Gasteiger partial charge in [0.25, 0.3) is 0 Å². The predicted molar refractivity (Wildman–Crippen MR) is 82.8 cm³/mol. The maximum absolute atomic E-state index is 12.4. The third-order valence-corrected chi connectivity index (χ3v) is 5.44. The summed E-state index contributed by atoms with van der Waals surface area (Å²) in [6.45, 7) is 4.15. The van der Waals surface area contributed by atoms with Crippen LogP contribution in [0.4, 0.5) is 0 Å². The Morgan fingerprint density at radius 1 is 1.35 bits per heavy atom. The second-order valence-electron chi connectivity index (χ2n) is 7.20. The number of fused-ring (bicyclic) bond motifs is 3. The molecule has 1 aromatic heterocycles. The number of nitrogens with zero attached hydrogens (tertiary/aromatic N) is 4. The Labute approximate surface area is 135 Å². The summed E-state index contributed by atoms with van der Waals surface area (Å²) in [5.41, 5.74) is 0.419. The van der Waals surface area contributed by atoms with E-state index in [1.807, 2.05) is 0 Å². The molecule has 124 valence electrons. The molecule has 4 atom stereocenters. The molecule has 1 aliphatic carbocycles. The lowest BCUT2D eigenvalue weighted by Gasteiger charge is -2.49. The first-order chi connectivity index (χ1) is 11.1. The smallest absolute Gasteiger partial charge is 0.224 e. The molecule has 23 heavy (non-hydrogen) atoms. The molecule has 3 saturated heterocycles. The number of hydrogen-bond donors (Lipinski definition) is 1. The van der Waals surface area contributed by atoms with Crippen LogP contribution >= 0.6 is 0 Å². The van der Waals surface area contributed by atoms with E-state index in [1.54, 1.807) is 10.9 Å². The maximum atomic E-state index is 12.4. The van der Waals surface area contributed by atoms with Crippen molar-refractivity contribution in [3.8, 4) is 0 Å². The van der Waals surface area contributed by atoms with Gasteiger partial charge >= 0.3 is 0 Å². The Morgan fingerprint density at radius 2 is 2.17 bits per heavy atom. The lowest BCUT2D eigenvalue weighted by atomic mass is 9.75. The number of Topliss-reactive ketones (excluding diaryl/α,β-unsaturated/α-hetero) is 1. The molecule has 4 fully saturated rings. The average molecular weight is 317 g/mol. The first kappa shape index (κ1) is 14.8. The van der Waals surface area contributed by atoms with Crippen LogP contribution < -0.4 is 5.32 Å². The van der Waals surface area contributed by atoms with Crippen LogP contribution in [0.15, 0.2) is 6.20 Å². The van der Waals surface area contributed by atoms with Gasteiger partial charge in [-0.2, -0.15) is 0 Å². The monoisotopic (exact) mass is 317 g/mol. The number of carbonyl (C=O) groups excluding carboxylic acids is 2. The van der Waals surface area contributed by atoms with Gasteiger partial charge in [-0.15, -0.1) is 5.10 Å². The molecule has 2 bridgehead atoms. The van der Waals surface area contributed by atoms with Gasteiger partial charge in [-0.1, -0.05) is 5.21 Å². The quantitative estimate of drug-likeness (QED) is 0.799. The molecular weight excluding hydrogens is 294 g/mol. The number of carbonyl (C=O) groups is 2.